The third-order valence-electron chi connectivity index (χ3n) is 3.73. The molecule has 1 aliphatic carbocycles. The summed E-state index contributed by atoms with van der Waals surface area (Å²) in [6.45, 7) is 3.98. The van der Waals surface area contributed by atoms with Crippen molar-refractivity contribution < 1.29 is 9.90 Å². The molecular formula is C14H27NO2. The summed E-state index contributed by atoms with van der Waals surface area (Å²) < 4.78 is 0. The van der Waals surface area contributed by atoms with Gasteiger partial charge in [0.05, 0.1) is 0 Å². The van der Waals surface area contributed by atoms with Crippen LogP contribution in [0.5, 0.6) is 0 Å². The average molecular weight is 241 g/mol. The first-order valence-electron chi connectivity index (χ1n) is 6.97. The van der Waals surface area contributed by atoms with Crippen LogP contribution in [-0.2, 0) is 4.79 Å². The Morgan fingerprint density at radius 2 is 1.88 bits per heavy atom. The van der Waals surface area contributed by atoms with E-state index in [1.807, 2.05) is 13.8 Å². The zero-order valence-electron chi connectivity index (χ0n) is 11.2. The molecule has 2 atom stereocenters. The summed E-state index contributed by atoms with van der Waals surface area (Å²) >= 11 is 0. The van der Waals surface area contributed by atoms with E-state index in [4.69, 9.17) is 5.73 Å². The van der Waals surface area contributed by atoms with Gasteiger partial charge in [-0.15, -0.1) is 0 Å². The highest BCUT2D eigenvalue weighted by Gasteiger charge is 2.25. The first-order valence-corrected chi connectivity index (χ1v) is 6.97. The predicted octanol–water partition coefficient (Wildman–Crippen LogP) is 2.26. The van der Waals surface area contributed by atoms with Crippen molar-refractivity contribution in [2.75, 3.05) is 0 Å². The minimum absolute atomic E-state index is 0.0126. The molecule has 1 aliphatic rings. The Labute approximate surface area is 105 Å². The second kappa shape index (κ2) is 7.12. The lowest BCUT2D eigenvalue weighted by atomic mass is 9.81. The highest BCUT2D eigenvalue weighted by molar-refractivity contribution is 5.82. The molecule has 0 radical (unpaired) electrons. The van der Waals surface area contributed by atoms with E-state index in [0.29, 0.717) is 24.7 Å². The van der Waals surface area contributed by atoms with Crippen LogP contribution in [0.3, 0.4) is 0 Å². The molecule has 17 heavy (non-hydrogen) atoms. The lowest BCUT2D eigenvalue weighted by molar-refractivity contribution is -0.128. The number of carbonyl (C=O) groups is 1. The fraction of sp³-hybridized carbons (Fsp3) is 0.929. The number of hydrogen-bond donors (Lipinski definition) is 2. The Kier molecular flexibility index (Phi) is 6.14. The lowest BCUT2D eigenvalue weighted by Gasteiger charge is -2.28. The Hall–Kier alpha value is -0.410. The summed E-state index contributed by atoms with van der Waals surface area (Å²) in [5, 5.41) is 9.84. The largest absolute Gasteiger partial charge is 0.385 e. The average Bonchev–Trinajstić information content (AvgIpc) is 2.29. The normalized spacial score (nSPS) is 21.5. The molecule has 3 N–H and O–H groups in total. The van der Waals surface area contributed by atoms with Gasteiger partial charge in [-0.3, -0.25) is 4.79 Å². The molecule has 2 unspecified atom stereocenters. The van der Waals surface area contributed by atoms with Crippen molar-refractivity contribution in [3.05, 3.63) is 0 Å². The van der Waals surface area contributed by atoms with Crippen LogP contribution in [0.2, 0.25) is 0 Å². The van der Waals surface area contributed by atoms with E-state index >= 15 is 0 Å². The van der Waals surface area contributed by atoms with E-state index in [9.17, 15) is 9.90 Å². The van der Waals surface area contributed by atoms with Gasteiger partial charge in [0, 0.05) is 12.5 Å². The Bertz CT molecular complexity index is 234. The van der Waals surface area contributed by atoms with E-state index in [1.54, 1.807) is 0 Å². The van der Waals surface area contributed by atoms with Crippen LogP contribution in [0.4, 0.5) is 0 Å². The van der Waals surface area contributed by atoms with Crippen LogP contribution in [0.25, 0.3) is 0 Å². The first-order chi connectivity index (χ1) is 8.00. The van der Waals surface area contributed by atoms with Gasteiger partial charge in [-0.25, -0.2) is 0 Å². The van der Waals surface area contributed by atoms with Gasteiger partial charge in [0.1, 0.15) is 6.10 Å². The molecule has 1 fully saturated rings. The quantitative estimate of drug-likeness (QED) is 0.749. The van der Waals surface area contributed by atoms with E-state index in [0.717, 1.165) is 12.8 Å². The standard InChI is InChI=1S/C14H27NO2/c1-10(2)8-13(16)14(17)9-12(15)11-6-4-3-5-7-11/h10-12,14,17H,3-9,15H2,1-2H3. The molecule has 0 saturated heterocycles. The molecule has 1 saturated carbocycles. The fourth-order valence-electron chi connectivity index (χ4n) is 2.68. The zero-order valence-corrected chi connectivity index (χ0v) is 11.2. The predicted molar refractivity (Wildman–Crippen MR) is 69.6 cm³/mol. The summed E-state index contributed by atoms with van der Waals surface area (Å²) in [6.07, 6.45) is 6.16. The first kappa shape index (κ1) is 14.7. The molecule has 0 aliphatic heterocycles. The maximum atomic E-state index is 11.7. The van der Waals surface area contributed by atoms with Gasteiger partial charge in [0.25, 0.3) is 0 Å². The van der Waals surface area contributed by atoms with E-state index in [1.165, 1.54) is 19.3 Å². The van der Waals surface area contributed by atoms with Crippen molar-refractivity contribution in [2.24, 2.45) is 17.6 Å². The number of carbonyl (C=O) groups excluding carboxylic acids is 1. The molecule has 1 rings (SSSR count). The molecule has 3 nitrogen and oxygen atoms in total. The molecule has 0 heterocycles. The van der Waals surface area contributed by atoms with Gasteiger partial charge in [-0.05, 0) is 31.1 Å². The summed E-state index contributed by atoms with van der Waals surface area (Å²) in [7, 11) is 0. The number of nitrogens with two attached hydrogens (primary N) is 1. The molecule has 0 bridgehead atoms. The second-order valence-electron chi connectivity index (χ2n) is 5.88. The Balaban J connectivity index is 2.33. The van der Waals surface area contributed by atoms with E-state index in [2.05, 4.69) is 0 Å². The molecule has 100 valence electrons. The number of hydrogen-bond acceptors (Lipinski definition) is 3. The number of aliphatic hydroxyl groups excluding tert-OH is 1. The van der Waals surface area contributed by atoms with Crippen LogP contribution in [0.15, 0.2) is 0 Å². The van der Waals surface area contributed by atoms with Gasteiger partial charge in [0.2, 0.25) is 0 Å². The van der Waals surface area contributed by atoms with Crippen LogP contribution in [0, 0.1) is 11.8 Å². The SMILES string of the molecule is CC(C)CC(=O)C(O)CC(N)C1CCCCC1. The van der Waals surface area contributed by atoms with Crippen LogP contribution in [0.1, 0.15) is 58.8 Å². The monoisotopic (exact) mass is 241 g/mol. The molecule has 0 spiro atoms. The van der Waals surface area contributed by atoms with E-state index in [-0.39, 0.29) is 11.8 Å². The minimum Gasteiger partial charge on any atom is -0.385 e. The summed E-state index contributed by atoms with van der Waals surface area (Å²) in [4.78, 5) is 11.7. The van der Waals surface area contributed by atoms with Crippen molar-refractivity contribution in [3.8, 4) is 0 Å². The van der Waals surface area contributed by atoms with Crippen LogP contribution >= 0.6 is 0 Å². The van der Waals surface area contributed by atoms with Gasteiger partial charge in [0.15, 0.2) is 5.78 Å². The third kappa shape index (κ3) is 5.17. The maximum Gasteiger partial charge on any atom is 0.161 e. The summed E-state index contributed by atoms with van der Waals surface area (Å²) in [5.74, 6) is 0.763. The van der Waals surface area contributed by atoms with Crippen LogP contribution < -0.4 is 5.73 Å². The molecule has 0 aromatic rings. The number of Topliss-reactive ketones (excluding diaryl/α,β-unsaturated/α-hetero) is 1. The molecule has 3 heteroatoms. The van der Waals surface area contributed by atoms with Crippen molar-refractivity contribution in [3.63, 3.8) is 0 Å². The van der Waals surface area contributed by atoms with Gasteiger partial charge < -0.3 is 10.8 Å². The van der Waals surface area contributed by atoms with Crippen molar-refractivity contribution >= 4 is 5.78 Å². The van der Waals surface area contributed by atoms with Gasteiger partial charge in [-0.2, -0.15) is 0 Å². The summed E-state index contributed by atoms with van der Waals surface area (Å²) in [5.41, 5.74) is 6.11. The fourth-order valence-corrected chi connectivity index (χ4v) is 2.68. The molecule has 0 amide bonds. The van der Waals surface area contributed by atoms with Gasteiger partial charge >= 0.3 is 0 Å². The van der Waals surface area contributed by atoms with Crippen molar-refractivity contribution in [1.29, 1.82) is 0 Å². The number of aliphatic hydroxyl groups is 1. The Morgan fingerprint density at radius 3 is 2.41 bits per heavy atom. The maximum absolute atomic E-state index is 11.7. The molecular weight excluding hydrogens is 214 g/mol. The topological polar surface area (TPSA) is 63.3 Å². The third-order valence-corrected chi connectivity index (χ3v) is 3.73. The minimum atomic E-state index is -0.852. The number of ketones is 1. The molecule has 0 aromatic heterocycles. The lowest BCUT2D eigenvalue weighted by Crippen LogP contribution is -2.37. The van der Waals surface area contributed by atoms with Crippen molar-refractivity contribution in [1.82, 2.24) is 0 Å². The zero-order chi connectivity index (χ0) is 12.8. The summed E-state index contributed by atoms with van der Waals surface area (Å²) in [6, 6.07) is -0.0126. The second-order valence-corrected chi connectivity index (χ2v) is 5.88. The molecule has 0 aromatic carbocycles. The van der Waals surface area contributed by atoms with Crippen LogP contribution in [-0.4, -0.2) is 23.0 Å². The van der Waals surface area contributed by atoms with Gasteiger partial charge in [-0.1, -0.05) is 33.1 Å². The number of rotatable bonds is 6. The van der Waals surface area contributed by atoms with Crippen molar-refractivity contribution in [2.45, 2.75) is 70.9 Å². The highest BCUT2D eigenvalue weighted by atomic mass is 16.3. The highest BCUT2D eigenvalue weighted by Crippen LogP contribution is 2.27. The van der Waals surface area contributed by atoms with E-state index < -0.39 is 6.10 Å². The Morgan fingerprint density at radius 1 is 1.29 bits per heavy atom. The smallest absolute Gasteiger partial charge is 0.161 e.